The minimum absolute atomic E-state index is 0.0146. The standard InChI is InChI=1S/C27H33N5O3S/c1-2-24-29-30-27(36-24)28-23(33)13-14-25(34)32-17-15-31(16-18-32)19-20-35-26(21-9-5-3-6-10-21)22-11-7-4-8-12-22/h3-12,26H,2,13-20H2,1H3,(H,28,30,33). The van der Waals surface area contributed by atoms with Crippen molar-refractivity contribution in [2.75, 3.05) is 44.6 Å². The number of ether oxygens (including phenoxy) is 1. The van der Waals surface area contributed by atoms with Gasteiger partial charge in [-0.2, -0.15) is 0 Å². The van der Waals surface area contributed by atoms with E-state index in [-0.39, 0.29) is 30.8 Å². The van der Waals surface area contributed by atoms with E-state index in [1.54, 1.807) is 0 Å². The fourth-order valence-corrected chi connectivity index (χ4v) is 4.86. The number of rotatable bonds is 11. The smallest absolute Gasteiger partial charge is 0.226 e. The number of hydrogen-bond donors (Lipinski definition) is 1. The molecule has 2 amide bonds. The van der Waals surface area contributed by atoms with E-state index in [0.717, 1.165) is 42.2 Å². The van der Waals surface area contributed by atoms with Crippen LogP contribution in [0.1, 0.15) is 42.0 Å². The van der Waals surface area contributed by atoms with Crippen LogP contribution in [0.15, 0.2) is 60.7 Å². The zero-order valence-corrected chi connectivity index (χ0v) is 21.5. The second-order valence-electron chi connectivity index (χ2n) is 8.70. The number of hydrogen-bond acceptors (Lipinski definition) is 7. The molecule has 2 aromatic carbocycles. The molecule has 0 bridgehead atoms. The number of carbonyl (C=O) groups excluding carboxylic acids is 2. The summed E-state index contributed by atoms with van der Waals surface area (Å²) in [6.45, 7) is 6.33. The highest BCUT2D eigenvalue weighted by molar-refractivity contribution is 7.15. The van der Waals surface area contributed by atoms with Crippen LogP contribution in [0.2, 0.25) is 0 Å². The molecule has 0 radical (unpaired) electrons. The van der Waals surface area contributed by atoms with Crippen LogP contribution in [0, 0.1) is 0 Å². The summed E-state index contributed by atoms with van der Waals surface area (Å²) < 4.78 is 6.34. The van der Waals surface area contributed by atoms with E-state index in [1.807, 2.05) is 48.2 Å². The van der Waals surface area contributed by atoms with Crippen LogP contribution in [0.5, 0.6) is 0 Å². The fraction of sp³-hybridized carbons (Fsp3) is 0.407. The number of nitrogens with one attached hydrogen (secondary N) is 1. The lowest BCUT2D eigenvalue weighted by atomic mass is 10.0. The number of aromatic nitrogens is 2. The first-order valence-corrected chi connectivity index (χ1v) is 13.3. The van der Waals surface area contributed by atoms with Crippen molar-refractivity contribution >= 4 is 28.3 Å². The van der Waals surface area contributed by atoms with Crippen LogP contribution in [-0.4, -0.2) is 71.1 Å². The summed E-state index contributed by atoms with van der Waals surface area (Å²) in [5.74, 6) is -0.190. The first-order valence-electron chi connectivity index (χ1n) is 12.5. The fourth-order valence-electron chi connectivity index (χ4n) is 4.17. The molecule has 2 heterocycles. The summed E-state index contributed by atoms with van der Waals surface area (Å²) in [4.78, 5) is 28.9. The van der Waals surface area contributed by atoms with Crippen molar-refractivity contribution in [2.24, 2.45) is 0 Å². The lowest BCUT2D eigenvalue weighted by Gasteiger charge is -2.35. The maximum atomic E-state index is 12.6. The molecular weight excluding hydrogens is 474 g/mol. The monoisotopic (exact) mass is 507 g/mol. The quantitative estimate of drug-likeness (QED) is 0.425. The van der Waals surface area contributed by atoms with E-state index < -0.39 is 0 Å². The highest BCUT2D eigenvalue weighted by atomic mass is 32.1. The van der Waals surface area contributed by atoms with Gasteiger partial charge in [-0.15, -0.1) is 10.2 Å². The van der Waals surface area contributed by atoms with Crippen LogP contribution in [0.4, 0.5) is 5.13 Å². The summed E-state index contributed by atoms with van der Waals surface area (Å²) in [6.07, 6.45) is 1.03. The van der Waals surface area contributed by atoms with Crippen molar-refractivity contribution in [1.82, 2.24) is 20.0 Å². The molecule has 0 atom stereocenters. The Labute approximate surface area is 216 Å². The van der Waals surface area contributed by atoms with Crippen molar-refractivity contribution in [3.8, 4) is 0 Å². The zero-order valence-electron chi connectivity index (χ0n) is 20.6. The second-order valence-corrected chi connectivity index (χ2v) is 9.76. The molecule has 9 heteroatoms. The Hall–Kier alpha value is -3.14. The van der Waals surface area contributed by atoms with Crippen LogP contribution in [-0.2, 0) is 20.7 Å². The van der Waals surface area contributed by atoms with Gasteiger partial charge in [0.05, 0.1) is 6.61 Å². The van der Waals surface area contributed by atoms with Gasteiger partial charge >= 0.3 is 0 Å². The van der Waals surface area contributed by atoms with E-state index in [2.05, 4.69) is 44.7 Å². The van der Waals surface area contributed by atoms with Crippen LogP contribution < -0.4 is 5.32 Å². The van der Waals surface area contributed by atoms with E-state index >= 15 is 0 Å². The molecule has 0 aliphatic carbocycles. The minimum atomic E-state index is -0.204. The molecule has 1 saturated heterocycles. The zero-order chi connectivity index (χ0) is 25.2. The molecule has 3 aromatic rings. The lowest BCUT2D eigenvalue weighted by molar-refractivity contribution is -0.134. The average Bonchev–Trinajstić information content (AvgIpc) is 3.38. The molecule has 4 rings (SSSR count). The molecular formula is C27H33N5O3S. The minimum Gasteiger partial charge on any atom is -0.367 e. The highest BCUT2D eigenvalue weighted by Gasteiger charge is 2.22. The number of anilines is 1. The van der Waals surface area contributed by atoms with Gasteiger partial charge in [-0.3, -0.25) is 14.5 Å². The number of nitrogens with zero attached hydrogens (tertiary/aromatic N) is 4. The van der Waals surface area contributed by atoms with Gasteiger partial charge in [0.25, 0.3) is 0 Å². The van der Waals surface area contributed by atoms with Gasteiger partial charge in [-0.1, -0.05) is 78.9 Å². The van der Waals surface area contributed by atoms with Gasteiger partial charge in [-0.05, 0) is 17.5 Å². The lowest BCUT2D eigenvalue weighted by Crippen LogP contribution is -2.49. The Morgan fingerprint density at radius 3 is 2.17 bits per heavy atom. The SMILES string of the molecule is CCc1nnc(NC(=O)CCC(=O)N2CCN(CCOC(c3ccccc3)c3ccccc3)CC2)s1. The molecule has 0 saturated carbocycles. The Kier molecular flexibility index (Phi) is 9.54. The summed E-state index contributed by atoms with van der Waals surface area (Å²) in [5.41, 5.74) is 2.28. The maximum Gasteiger partial charge on any atom is 0.226 e. The van der Waals surface area contributed by atoms with Crippen molar-refractivity contribution in [1.29, 1.82) is 0 Å². The third kappa shape index (κ3) is 7.43. The van der Waals surface area contributed by atoms with Gasteiger partial charge in [-0.25, -0.2) is 0 Å². The molecule has 0 unspecified atom stereocenters. The predicted octanol–water partition coefficient (Wildman–Crippen LogP) is 3.77. The number of benzene rings is 2. The van der Waals surface area contributed by atoms with Crippen LogP contribution in [0.3, 0.4) is 0 Å². The van der Waals surface area contributed by atoms with E-state index in [9.17, 15) is 9.59 Å². The van der Waals surface area contributed by atoms with Crippen LogP contribution >= 0.6 is 11.3 Å². The molecule has 1 fully saturated rings. The molecule has 1 N–H and O–H groups in total. The Morgan fingerprint density at radius 2 is 1.58 bits per heavy atom. The number of aryl methyl sites for hydroxylation is 1. The molecule has 1 aliphatic rings. The van der Waals surface area contributed by atoms with Gasteiger partial charge in [0, 0.05) is 45.6 Å². The summed E-state index contributed by atoms with van der Waals surface area (Å²) in [7, 11) is 0. The molecule has 1 aliphatic heterocycles. The predicted molar refractivity (Wildman–Crippen MR) is 141 cm³/mol. The van der Waals surface area contributed by atoms with E-state index in [4.69, 9.17) is 4.74 Å². The summed E-state index contributed by atoms with van der Waals surface area (Å²) in [6, 6.07) is 20.5. The summed E-state index contributed by atoms with van der Waals surface area (Å²) >= 11 is 1.36. The van der Waals surface area contributed by atoms with Crippen molar-refractivity contribution in [3.63, 3.8) is 0 Å². The Balaban J connectivity index is 1.17. The van der Waals surface area contributed by atoms with Gasteiger partial charge < -0.3 is 15.0 Å². The van der Waals surface area contributed by atoms with Crippen molar-refractivity contribution in [3.05, 3.63) is 76.8 Å². The normalized spacial score (nSPS) is 14.2. The molecule has 190 valence electrons. The molecule has 0 spiro atoms. The van der Waals surface area contributed by atoms with Crippen LogP contribution in [0.25, 0.3) is 0 Å². The third-order valence-electron chi connectivity index (χ3n) is 6.20. The first kappa shape index (κ1) is 25.9. The van der Waals surface area contributed by atoms with Crippen molar-refractivity contribution < 1.29 is 14.3 Å². The van der Waals surface area contributed by atoms with Gasteiger partial charge in [0.15, 0.2) is 0 Å². The second kappa shape index (κ2) is 13.2. The van der Waals surface area contributed by atoms with Gasteiger partial charge in [0.1, 0.15) is 11.1 Å². The topological polar surface area (TPSA) is 87.7 Å². The maximum absolute atomic E-state index is 12.6. The van der Waals surface area contributed by atoms with E-state index in [1.165, 1.54) is 11.3 Å². The number of amides is 2. The van der Waals surface area contributed by atoms with Crippen molar-refractivity contribution in [2.45, 2.75) is 32.3 Å². The molecule has 1 aromatic heterocycles. The number of carbonyl (C=O) groups is 2. The first-order chi connectivity index (χ1) is 17.6. The number of piperazine rings is 1. The third-order valence-corrected chi connectivity index (χ3v) is 7.19. The summed E-state index contributed by atoms with van der Waals surface area (Å²) in [5, 5.41) is 12.0. The molecule has 36 heavy (non-hydrogen) atoms. The largest absolute Gasteiger partial charge is 0.367 e. The Bertz CT molecular complexity index is 1060. The Morgan fingerprint density at radius 1 is 0.944 bits per heavy atom. The van der Waals surface area contributed by atoms with Gasteiger partial charge in [0.2, 0.25) is 16.9 Å². The average molecular weight is 508 g/mol. The highest BCUT2D eigenvalue weighted by Crippen LogP contribution is 2.25. The molecule has 8 nitrogen and oxygen atoms in total. The van der Waals surface area contributed by atoms with E-state index in [0.29, 0.717) is 24.8 Å².